The van der Waals surface area contributed by atoms with E-state index < -0.39 is 0 Å². The average Bonchev–Trinajstić information content (AvgIpc) is 2.44. The van der Waals surface area contributed by atoms with E-state index in [9.17, 15) is 4.79 Å². The number of benzene rings is 1. The van der Waals surface area contributed by atoms with Crippen LogP contribution >= 0.6 is 27.7 Å². The Balaban J connectivity index is 2.30. The molecule has 1 aromatic heterocycles. The Morgan fingerprint density at radius 2 is 2.25 bits per heavy atom. The van der Waals surface area contributed by atoms with Gasteiger partial charge in [-0.2, -0.15) is 0 Å². The minimum absolute atomic E-state index is 0.345. The van der Waals surface area contributed by atoms with Crippen LogP contribution in [0.4, 0.5) is 5.69 Å². The zero-order valence-electron chi connectivity index (χ0n) is 10.8. The topological polar surface area (TPSA) is 65.2 Å². The summed E-state index contributed by atoms with van der Waals surface area (Å²) < 4.78 is 5.86. The molecule has 0 saturated carbocycles. The molecule has 0 aliphatic carbocycles. The maximum Gasteiger partial charge on any atom is 0.338 e. The molecule has 6 heteroatoms. The monoisotopic (exact) mass is 352 g/mol. The van der Waals surface area contributed by atoms with Gasteiger partial charge in [-0.3, -0.25) is 0 Å². The molecule has 0 bridgehead atoms. The van der Waals surface area contributed by atoms with Crippen LogP contribution in [0.15, 0.2) is 50.9 Å². The van der Waals surface area contributed by atoms with Crippen molar-refractivity contribution in [3.8, 4) is 0 Å². The molecule has 2 rings (SSSR count). The molecule has 4 nitrogen and oxygen atoms in total. The lowest BCUT2D eigenvalue weighted by atomic mass is 10.2. The molecule has 0 aliphatic heterocycles. The van der Waals surface area contributed by atoms with Crippen molar-refractivity contribution in [2.24, 2.45) is 0 Å². The standard InChI is InChI=1S/C14H13BrN2O2S/c1-2-19-14(18)9-5-6-11(16)12(8-9)20-13-10(15)4-3-7-17-13/h3-8H,2,16H2,1H3. The first kappa shape index (κ1) is 14.9. The summed E-state index contributed by atoms with van der Waals surface area (Å²) in [5.41, 5.74) is 7.03. The van der Waals surface area contributed by atoms with Crippen LogP contribution in [0.5, 0.6) is 0 Å². The molecule has 1 aromatic carbocycles. The number of esters is 1. The Hall–Kier alpha value is -1.53. The smallest absolute Gasteiger partial charge is 0.338 e. The van der Waals surface area contributed by atoms with Gasteiger partial charge >= 0.3 is 5.97 Å². The van der Waals surface area contributed by atoms with Crippen molar-refractivity contribution in [2.75, 3.05) is 12.3 Å². The van der Waals surface area contributed by atoms with E-state index in [0.29, 0.717) is 17.9 Å². The maximum absolute atomic E-state index is 11.7. The van der Waals surface area contributed by atoms with E-state index >= 15 is 0 Å². The van der Waals surface area contributed by atoms with Crippen molar-refractivity contribution in [3.05, 3.63) is 46.6 Å². The fourth-order valence-corrected chi connectivity index (χ4v) is 2.87. The second kappa shape index (κ2) is 6.76. The summed E-state index contributed by atoms with van der Waals surface area (Å²) in [5.74, 6) is -0.352. The number of ether oxygens (including phenoxy) is 1. The Morgan fingerprint density at radius 3 is 2.95 bits per heavy atom. The highest BCUT2D eigenvalue weighted by Gasteiger charge is 2.11. The van der Waals surface area contributed by atoms with E-state index in [1.165, 1.54) is 11.8 Å². The van der Waals surface area contributed by atoms with E-state index in [1.807, 2.05) is 12.1 Å². The lowest BCUT2D eigenvalue weighted by Gasteiger charge is -2.08. The lowest BCUT2D eigenvalue weighted by molar-refractivity contribution is 0.0526. The fraction of sp³-hybridized carbons (Fsp3) is 0.143. The van der Waals surface area contributed by atoms with E-state index in [0.717, 1.165) is 14.4 Å². The molecule has 20 heavy (non-hydrogen) atoms. The summed E-state index contributed by atoms with van der Waals surface area (Å²) in [7, 11) is 0. The molecule has 0 saturated heterocycles. The lowest BCUT2D eigenvalue weighted by Crippen LogP contribution is -2.05. The molecule has 0 amide bonds. The first-order chi connectivity index (χ1) is 9.61. The van der Waals surface area contributed by atoms with Gasteiger partial charge in [-0.1, -0.05) is 11.8 Å². The highest BCUT2D eigenvalue weighted by Crippen LogP contribution is 2.35. The Morgan fingerprint density at radius 1 is 1.45 bits per heavy atom. The van der Waals surface area contributed by atoms with Crippen molar-refractivity contribution in [1.82, 2.24) is 4.98 Å². The van der Waals surface area contributed by atoms with Gasteiger partial charge < -0.3 is 10.5 Å². The molecule has 2 N–H and O–H groups in total. The average molecular weight is 353 g/mol. The Kier molecular flexibility index (Phi) is 5.03. The van der Waals surface area contributed by atoms with Gasteiger partial charge in [0.25, 0.3) is 0 Å². The maximum atomic E-state index is 11.7. The summed E-state index contributed by atoms with van der Waals surface area (Å²) >= 11 is 4.83. The summed E-state index contributed by atoms with van der Waals surface area (Å²) in [4.78, 5) is 16.8. The zero-order valence-corrected chi connectivity index (χ0v) is 13.2. The van der Waals surface area contributed by atoms with Crippen molar-refractivity contribution in [2.45, 2.75) is 16.8 Å². The van der Waals surface area contributed by atoms with Gasteiger partial charge in [0, 0.05) is 16.8 Å². The van der Waals surface area contributed by atoms with Crippen LogP contribution < -0.4 is 5.73 Å². The number of pyridine rings is 1. The third-order valence-corrected chi connectivity index (χ3v) is 4.45. The number of nitrogens with two attached hydrogens (primary N) is 1. The van der Waals surface area contributed by atoms with Crippen LogP contribution in [0.3, 0.4) is 0 Å². The number of hydrogen-bond donors (Lipinski definition) is 1. The van der Waals surface area contributed by atoms with Crippen molar-refractivity contribution >= 4 is 39.3 Å². The number of nitrogens with zero attached hydrogens (tertiary/aromatic N) is 1. The number of halogens is 1. The predicted molar refractivity (Wildman–Crippen MR) is 82.9 cm³/mol. The first-order valence-electron chi connectivity index (χ1n) is 5.97. The number of anilines is 1. The number of carbonyl (C=O) groups is 1. The second-order valence-corrected chi connectivity index (χ2v) is 5.75. The Labute approximate surface area is 129 Å². The molecule has 0 unspecified atom stereocenters. The van der Waals surface area contributed by atoms with E-state index in [1.54, 1.807) is 31.3 Å². The second-order valence-electron chi connectivity index (χ2n) is 3.87. The molecular formula is C14H13BrN2O2S. The van der Waals surface area contributed by atoms with Gasteiger partial charge in [-0.25, -0.2) is 9.78 Å². The molecule has 1 heterocycles. The van der Waals surface area contributed by atoms with Crippen LogP contribution in [0.25, 0.3) is 0 Å². The van der Waals surface area contributed by atoms with Gasteiger partial charge in [0.05, 0.1) is 16.6 Å². The van der Waals surface area contributed by atoms with E-state index in [2.05, 4.69) is 20.9 Å². The molecule has 0 radical (unpaired) electrons. The zero-order chi connectivity index (χ0) is 14.5. The van der Waals surface area contributed by atoms with Gasteiger partial charge in [-0.15, -0.1) is 0 Å². The third-order valence-electron chi connectivity index (χ3n) is 2.46. The van der Waals surface area contributed by atoms with Crippen molar-refractivity contribution < 1.29 is 9.53 Å². The number of carbonyl (C=O) groups excluding carboxylic acids is 1. The molecule has 2 aromatic rings. The summed E-state index contributed by atoms with van der Waals surface area (Å²) in [6, 6.07) is 8.82. The molecule has 0 aliphatic rings. The summed E-state index contributed by atoms with van der Waals surface area (Å²) in [6.45, 7) is 2.12. The van der Waals surface area contributed by atoms with Crippen LogP contribution in [-0.2, 0) is 4.74 Å². The van der Waals surface area contributed by atoms with Gasteiger partial charge in [-0.05, 0) is 53.2 Å². The molecule has 0 atom stereocenters. The highest BCUT2D eigenvalue weighted by atomic mass is 79.9. The van der Waals surface area contributed by atoms with Crippen molar-refractivity contribution in [3.63, 3.8) is 0 Å². The number of nitrogen functional groups attached to an aromatic ring is 1. The van der Waals surface area contributed by atoms with Crippen molar-refractivity contribution in [1.29, 1.82) is 0 Å². The van der Waals surface area contributed by atoms with Gasteiger partial charge in [0.1, 0.15) is 5.03 Å². The minimum Gasteiger partial charge on any atom is -0.462 e. The van der Waals surface area contributed by atoms with E-state index in [-0.39, 0.29) is 5.97 Å². The summed E-state index contributed by atoms with van der Waals surface area (Å²) in [5, 5.41) is 0.792. The fourth-order valence-electron chi connectivity index (χ4n) is 1.51. The summed E-state index contributed by atoms with van der Waals surface area (Å²) in [6.07, 6.45) is 1.71. The first-order valence-corrected chi connectivity index (χ1v) is 7.57. The minimum atomic E-state index is -0.352. The SMILES string of the molecule is CCOC(=O)c1ccc(N)c(Sc2ncccc2Br)c1. The predicted octanol–water partition coefficient (Wildman–Crippen LogP) is 3.75. The molecule has 0 fully saturated rings. The normalized spacial score (nSPS) is 10.3. The van der Waals surface area contributed by atoms with Crippen LogP contribution in [0.1, 0.15) is 17.3 Å². The number of aromatic nitrogens is 1. The van der Waals surface area contributed by atoms with Gasteiger partial charge in [0.2, 0.25) is 0 Å². The third kappa shape index (κ3) is 3.52. The Bertz CT molecular complexity index is 634. The van der Waals surface area contributed by atoms with Crippen LogP contribution in [-0.4, -0.2) is 17.6 Å². The number of hydrogen-bond acceptors (Lipinski definition) is 5. The quantitative estimate of drug-likeness (QED) is 0.670. The molecule has 0 spiro atoms. The van der Waals surface area contributed by atoms with Gasteiger partial charge in [0.15, 0.2) is 0 Å². The molecular weight excluding hydrogens is 340 g/mol. The van der Waals surface area contributed by atoms with Crippen LogP contribution in [0, 0.1) is 0 Å². The number of rotatable bonds is 4. The van der Waals surface area contributed by atoms with E-state index in [4.69, 9.17) is 10.5 Å². The van der Waals surface area contributed by atoms with Crippen LogP contribution in [0.2, 0.25) is 0 Å². The molecule has 104 valence electrons. The highest BCUT2D eigenvalue weighted by molar-refractivity contribution is 9.10. The largest absolute Gasteiger partial charge is 0.462 e.